The molecule has 0 saturated heterocycles. The second-order valence-corrected chi connectivity index (χ2v) is 17.1. The first-order valence-electron chi connectivity index (χ1n) is 22.3. The Morgan fingerprint density at radius 3 is 1.45 bits per heavy atom. The predicted molar refractivity (Wildman–Crippen MR) is 269 cm³/mol. The van der Waals surface area contributed by atoms with E-state index in [1.165, 1.54) is 99.4 Å². The van der Waals surface area contributed by atoms with Crippen molar-refractivity contribution < 1.29 is 0 Å². The lowest BCUT2D eigenvalue weighted by Gasteiger charge is -2.31. The molecule has 2 aliphatic carbocycles. The molecule has 0 N–H and O–H groups in total. The molecule has 0 amide bonds. The average molecular weight is 812 g/mol. The molecule has 11 aromatic rings. The quantitative estimate of drug-likeness (QED) is 0.151. The summed E-state index contributed by atoms with van der Waals surface area (Å²) in [6.07, 6.45) is 0. The van der Waals surface area contributed by atoms with E-state index in [-0.39, 0.29) is 0 Å². The molecule has 0 aromatic heterocycles. The molecule has 2 aliphatic rings. The van der Waals surface area contributed by atoms with Crippen LogP contribution >= 0.6 is 0 Å². The molecule has 0 aliphatic heterocycles. The van der Waals surface area contributed by atoms with E-state index in [4.69, 9.17) is 0 Å². The monoisotopic (exact) mass is 811 g/mol. The Morgan fingerprint density at radius 1 is 0.250 bits per heavy atom. The first-order chi connectivity index (χ1) is 31.8. The Labute approximate surface area is 373 Å². The third-order valence-electron chi connectivity index (χ3n) is 13.9. The number of anilines is 3. The maximum absolute atomic E-state index is 2.45. The molecule has 1 nitrogen and oxygen atoms in total. The minimum Gasteiger partial charge on any atom is -0.310 e. The van der Waals surface area contributed by atoms with Crippen LogP contribution in [0.15, 0.2) is 249 Å². The van der Waals surface area contributed by atoms with Gasteiger partial charge in [-0.05, 0) is 124 Å². The Kier molecular flexibility index (Phi) is 8.20. The van der Waals surface area contributed by atoms with Gasteiger partial charge < -0.3 is 4.90 Å². The van der Waals surface area contributed by atoms with E-state index < -0.39 is 5.41 Å². The number of hydrogen-bond acceptors (Lipinski definition) is 1. The zero-order valence-corrected chi connectivity index (χ0v) is 35.1. The van der Waals surface area contributed by atoms with Crippen LogP contribution in [0.4, 0.5) is 17.1 Å². The van der Waals surface area contributed by atoms with Crippen molar-refractivity contribution in [1.82, 2.24) is 0 Å². The summed E-state index contributed by atoms with van der Waals surface area (Å²) >= 11 is 0. The van der Waals surface area contributed by atoms with E-state index in [1.807, 2.05) is 0 Å². The van der Waals surface area contributed by atoms with Gasteiger partial charge in [-0.3, -0.25) is 0 Å². The molecule has 64 heavy (non-hydrogen) atoms. The zero-order chi connectivity index (χ0) is 42.2. The standard InChI is InChI=1S/C63H41N/c1-2-16-42(17-3-1)43-32-37-46(38-33-43)64(47-39-34-45(35-40-47)49-24-14-25-50-48-19-5-4-18-44(48)36-41-51(49)50)61-31-13-9-22-54(61)55-26-15-30-60-62(55)56-23-8-12-29-59(56)63(60)57-27-10-6-20-52(57)53-21-7-11-28-58(53)63/h1-41H. The van der Waals surface area contributed by atoms with Gasteiger partial charge in [0.25, 0.3) is 0 Å². The summed E-state index contributed by atoms with van der Waals surface area (Å²) in [7, 11) is 0. The minimum absolute atomic E-state index is 0.416. The molecular weight excluding hydrogens is 771 g/mol. The molecule has 0 atom stereocenters. The summed E-state index contributed by atoms with van der Waals surface area (Å²) in [4.78, 5) is 2.45. The summed E-state index contributed by atoms with van der Waals surface area (Å²) in [6.45, 7) is 0. The molecule has 0 heterocycles. The smallest absolute Gasteiger partial charge is 0.0725 e. The van der Waals surface area contributed by atoms with Gasteiger partial charge in [0.05, 0.1) is 11.1 Å². The Bertz CT molecular complexity index is 3550. The van der Waals surface area contributed by atoms with Crippen molar-refractivity contribution in [3.05, 3.63) is 271 Å². The SMILES string of the molecule is c1ccc(-c2ccc(N(c3ccc(-c4cccc5c4ccc4ccccc45)cc3)c3ccccc3-c3cccc4c3-c3ccccc3C43c4ccccc4-c4ccccc43)cc2)cc1. The minimum atomic E-state index is -0.416. The predicted octanol–water partition coefficient (Wildman–Crippen LogP) is 16.8. The van der Waals surface area contributed by atoms with Gasteiger partial charge in [0, 0.05) is 16.9 Å². The van der Waals surface area contributed by atoms with Crippen molar-refractivity contribution in [2.45, 2.75) is 5.41 Å². The number of para-hydroxylation sites is 1. The number of nitrogens with zero attached hydrogens (tertiary/aromatic N) is 1. The maximum Gasteiger partial charge on any atom is 0.0725 e. The molecule has 0 fully saturated rings. The molecule has 0 bridgehead atoms. The van der Waals surface area contributed by atoms with Crippen LogP contribution in [0.1, 0.15) is 22.3 Å². The maximum atomic E-state index is 2.45. The Morgan fingerprint density at radius 2 is 0.734 bits per heavy atom. The van der Waals surface area contributed by atoms with Gasteiger partial charge in [-0.1, -0.05) is 218 Å². The summed E-state index contributed by atoms with van der Waals surface area (Å²) in [5.41, 5.74) is 20.7. The van der Waals surface area contributed by atoms with Gasteiger partial charge in [-0.15, -0.1) is 0 Å². The van der Waals surface area contributed by atoms with Crippen molar-refractivity contribution in [2.24, 2.45) is 0 Å². The van der Waals surface area contributed by atoms with Gasteiger partial charge in [0.15, 0.2) is 0 Å². The number of benzene rings is 11. The second-order valence-electron chi connectivity index (χ2n) is 17.1. The van der Waals surface area contributed by atoms with Gasteiger partial charge in [-0.25, -0.2) is 0 Å². The van der Waals surface area contributed by atoms with E-state index in [1.54, 1.807) is 0 Å². The highest BCUT2D eigenvalue weighted by atomic mass is 15.1. The molecule has 11 aromatic carbocycles. The van der Waals surface area contributed by atoms with E-state index in [0.29, 0.717) is 0 Å². The van der Waals surface area contributed by atoms with Gasteiger partial charge in [-0.2, -0.15) is 0 Å². The number of hydrogen-bond donors (Lipinski definition) is 0. The summed E-state index contributed by atoms with van der Waals surface area (Å²) in [6, 6.07) is 92.0. The van der Waals surface area contributed by atoms with Crippen LogP contribution in [0.2, 0.25) is 0 Å². The Hall–Kier alpha value is -8.26. The van der Waals surface area contributed by atoms with Crippen LogP contribution in [0.25, 0.3) is 77.2 Å². The molecule has 13 rings (SSSR count). The highest BCUT2D eigenvalue weighted by molar-refractivity contribution is 6.12. The van der Waals surface area contributed by atoms with E-state index in [0.717, 1.165) is 17.1 Å². The van der Waals surface area contributed by atoms with Crippen LogP contribution in [0, 0.1) is 0 Å². The van der Waals surface area contributed by atoms with Crippen LogP contribution in [-0.4, -0.2) is 0 Å². The van der Waals surface area contributed by atoms with Crippen LogP contribution in [-0.2, 0) is 5.41 Å². The summed E-state index contributed by atoms with van der Waals surface area (Å²) < 4.78 is 0. The highest BCUT2D eigenvalue weighted by Crippen LogP contribution is 2.64. The van der Waals surface area contributed by atoms with Crippen molar-refractivity contribution >= 4 is 38.6 Å². The number of rotatable bonds is 6. The molecule has 1 spiro atoms. The molecule has 298 valence electrons. The Balaban J connectivity index is 1.00. The normalized spacial score (nSPS) is 12.8. The fourth-order valence-electron chi connectivity index (χ4n) is 11.2. The fourth-order valence-corrected chi connectivity index (χ4v) is 11.2. The van der Waals surface area contributed by atoms with Crippen LogP contribution in [0.5, 0.6) is 0 Å². The highest BCUT2D eigenvalue weighted by Gasteiger charge is 2.52. The van der Waals surface area contributed by atoms with E-state index >= 15 is 0 Å². The number of fused-ring (bicyclic) bond motifs is 13. The van der Waals surface area contributed by atoms with Crippen LogP contribution < -0.4 is 4.90 Å². The van der Waals surface area contributed by atoms with Crippen molar-refractivity contribution in [3.63, 3.8) is 0 Å². The summed E-state index contributed by atoms with van der Waals surface area (Å²) in [5, 5.41) is 5.08. The molecule has 0 radical (unpaired) electrons. The topological polar surface area (TPSA) is 3.24 Å². The first-order valence-corrected chi connectivity index (χ1v) is 22.3. The molecule has 1 heteroatoms. The largest absolute Gasteiger partial charge is 0.310 e. The zero-order valence-electron chi connectivity index (χ0n) is 35.1. The van der Waals surface area contributed by atoms with Crippen molar-refractivity contribution in [1.29, 1.82) is 0 Å². The fraction of sp³-hybridized carbons (Fsp3) is 0.0159. The molecule has 0 unspecified atom stereocenters. The van der Waals surface area contributed by atoms with Gasteiger partial charge >= 0.3 is 0 Å². The van der Waals surface area contributed by atoms with Gasteiger partial charge in [0.1, 0.15) is 0 Å². The molecular formula is C63H41N. The average Bonchev–Trinajstić information content (AvgIpc) is 3.85. The second kappa shape index (κ2) is 14.4. The summed E-state index contributed by atoms with van der Waals surface area (Å²) in [5.74, 6) is 0. The van der Waals surface area contributed by atoms with Gasteiger partial charge in [0.2, 0.25) is 0 Å². The van der Waals surface area contributed by atoms with E-state index in [2.05, 4.69) is 254 Å². The third-order valence-corrected chi connectivity index (χ3v) is 13.9. The van der Waals surface area contributed by atoms with Crippen molar-refractivity contribution in [2.75, 3.05) is 4.90 Å². The van der Waals surface area contributed by atoms with Crippen LogP contribution in [0.3, 0.4) is 0 Å². The van der Waals surface area contributed by atoms with Crippen molar-refractivity contribution in [3.8, 4) is 55.6 Å². The molecule has 0 saturated carbocycles. The lowest BCUT2D eigenvalue weighted by molar-refractivity contribution is 0.794. The first kappa shape index (κ1) is 36.4. The lowest BCUT2D eigenvalue weighted by atomic mass is 9.70. The third kappa shape index (κ3) is 5.31. The lowest BCUT2D eigenvalue weighted by Crippen LogP contribution is -2.25. The van der Waals surface area contributed by atoms with E-state index in [9.17, 15) is 0 Å².